The van der Waals surface area contributed by atoms with E-state index in [-0.39, 0.29) is 31.9 Å². The van der Waals surface area contributed by atoms with Gasteiger partial charge in [0.05, 0.1) is 0 Å². The Labute approximate surface area is 392 Å². The van der Waals surface area contributed by atoms with Crippen LogP contribution < -0.4 is 44.0 Å². The quantitative estimate of drug-likeness (QED) is 0.194. The molecule has 0 aliphatic carbocycles. The zero-order valence-electron chi connectivity index (χ0n) is 32.5. The standard InChI is InChI=1S/9C6H5.ClH.Rh.3Sb/c9*1-2-4-6-5-3-1;;;;;/h9*1-5H;1H;;;;/q;;;;;;;;;;+2;;;/p-1. The summed E-state index contributed by atoms with van der Waals surface area (Å²) < 4.78 is 13.6. The van der Waals surface area contributed by atoms with Crippen LogP contribution >= 0.6 is 0 Å². The fraction of sp³-hybridized carbons (Fsp3) is 0. The van der Waals surface area contributed by atoms with Gasteiger partial charge in [-0.2, -0.15) is 0 Å². The van der Waals surface area contributed by atoms with Gasteiger partial charge in [0.1, 0.15) is 0 Å². The molecule has 0 bridgehead atoms. The van der Waals surface area contributed by atoms with Crippen molar-refractivity contribution in [2.75, 3.05) is 0 Å². The van der Waals surface area contributed by atoms with Crippen LogP contribution in [-0.4, -0.2) is 60.6 Å². The molecular formula is C54H45ClRhSb3+. The molecule has 5 heteroatoms. The van der Waals surface area contributed by atoms with Crippen molar-refractivity contribution < 1.29 is 31.9 Å². The average Bonchev–Trinajstić information content (AvgIpc) is 3.30. The summed E-state index contributed by atoms with van der Waals surface area (Å²) in [6.45, 7) is 0. The summed E-state index contributed by atoms with van der Waals surface area (Å²) in [5, 5.41) is 0. The van der Waals surface area contributed by atoms with Gasteiger partial charge in [-0.1, -0.05) is 0 Å². The van der Waals surface area contributed by atoms with Crippen molar-refractivity contribution in [2.24, 2.45) is 0 Å². The minimum absolute atomic E-state index is 0. The third-order valence-corrected chi connectivity index (χ3v) is 30.1. The van der Waals surface area contributed by atoms with Crippen LogP contribution in [0.2, 0.25) is 0 Å². The van der Waals surface area contributed by atoms with E-state index in [0.29, 0.717) is 0 Å². The number of hydrogen-bond acceptors (Lipinski definition) is 0. The first-order valence-electron chi connectivity index (χ1n) is 19.2. The van der Waals surface area contributed by atoms with Crippen molar-refractivity contribution in [3.8, 4) is 0 Å². The summed E-state index contributed by atoms with van der Waals surface area (Å²) in [6, 6.07) is 98.6. The summed E-state index contributed by atoms with van der Waals surface area (Å²) in [5.74, 6) is 0. The van der Waals surface area contributed by atoms with Gasteiger partial charge in [0.25, 0.3) is 0 Å². The molecular weight excluding hydrogens is 1150 g/mol. The number of halogens is 1. The van der Waals surface area contributed by atoms with Crippen LogP contribution in [0.15, 0.2) is 273 Å². The van der Waals surface area contributed by atoms with Gasteiger partial charge in [-0.3, -0.25) is 0 Å². The van der Waals surface area contributed by atoms with Crippen molar-refractivity contribution >= 4 is 92.2 Å². The van der Waals surface area contributed by atoms with E-state index < -0.39 is 60.6 Å². The molecule has 0 saturated carbocycles. The zero-order chi connectivity index (χ0) is 38.7. The molecule has 0 atom stereocenters. The van der Waals surface area contributed by atoms with E-state index in [0.717, 1.165) is 0 Å². The Morgan fingerprint density at radius 2 is 0.237 bits per heavy atom. The van der Waals surface area contributed by atoms with Crippen molar-refractivity contribution in [3.05, 3.63) is 273 Å². The molecule has 0 aliphatic heterocycles. The van der Waals surface area contributed by atoms with E-state index in [1.165, 1.54) is 31.6 Å². The fourth-order valence-electron chi connectivity index (χ4n) is 6.54. The Morgan fingerprint density at radius 3 is 0.322 bits per heavy atom. The molecule has 0 aliphatic rings. The van der Waals surface area contributed by atoms with Crippen LogP contribution in [0.3, 0.4) is 0 Å². The van der Waals surface area contributed by atoms with E-state index in [1.807, 2.05) is 0 Å². The normalized spacial score (nSPS) is 10.2. The summed E-state index contributed by atoms with van der Waals surface area (Å²) in [6.07, 6.45) is 0. The molecule has 0 aromatic heterocycles. The van der Waals surface area contributed by atoms with Crippen molar-refractivity contribution in [1.29, 1.82) is 0 Å². The van der Waals surface area contributed by atoms with Crippen LogP contribution in [0.1, 0.15) is 0 Å². The average molecular weight is 1200 g/mol. The molecule has 59 heavy (non-hydrogen) atoms. The first-order valence-corrected chi connectivity index (χ1v) is 30.7. The molecule has 9 aromatic carbocycles. The van der Waals surface area contributed by atoms with Gasteiger partial charge in [0.15, 0.2) is 0 Å². The molecule has 1 radical (unpaired) electrons. The molecule has 0 N–H and O–H groups in total. The Balaban J connectivity index is 0.000000165. The topological polar surface area (TPSA) is 0 Å². The molecule has 0 saturated heterocycles. The second kappa shape index (κ2) is 25.9. The molecule has 0 nitrogen and oxygen atoms in total. The Morgan fingerprint density at radius 1 is 0.153 bits per heavy atom. The third kappa shape index (κ3) is 13.7. The summed E-state index contributed by atoms with van der Waals surface area (Å²) in [7, 11) is 0. The van der Waals surface area contributed by atoms with Crippen molar-refractivity contribution in [2.45, 2.75) is 0 Å². The second-order valence-electron chi connectivity index (χ2n) is 13.0. The third-order valence-electron chi connectivity index (χ3n) is 9.13. The maximum atomic E-state index is 2.28. The molecule has 0 fully saturated rings. The van der Waals surface area contributed by atoms with Gasteiger partial charge in [-0.25, -0.2) is 0 Å². The SMILES string of the molecule is [Cl-].[Rh+2].c1cc[c]([Sb]([c]2ccccc2)[c]2ccccc2)cc1.c1cc[c]([Sb]([c]2ccccc2)[c]2ccccc2)cc1.c1cc[c]([Sb]([c]2ccccc2)[c]2ccccc2)cc1. The monoisotopic (exact) mass is 1190 g/mol. The Kier molecular flexibility index (Phi) is 20.3. The van der Waals surface area contributed by atoms with Gasteiger partial charge in [0.2, 0.25) is 0 Å². The molecule has 9 aromatic rings. The molecule has 291 valence electrons. The molecule has 0 unspecified atom stereocenters. The van der Waals surface area contributed by atoms with Crippen molar-refractivity contribution in [1.82, 2.24) is 0 Å². The van der Waals surface area contributed by atoms with E-state index in [9.17, 15) is 0 Å². The van der Waals surface area contributed by atoms with E-state index in [1.54, 1.807) is 0 Å². The van der Waals surface area contributed by atoms with Gasteiger partial charge in [-0.15, -0.1) is 0 Å². The van der Waals surface area contributed by atoms with Crippen LogP contribution in [0.25, 0.3) is 0 Å². The molecule has 0 heterocycles. The minimum atomic E-state index is -1.83. The summed E-state index contributed by atoms with van der Waals surface area (Å²) >= 11 is -5.48. The van der Waals surface area contributed by atoms with Crippen LogP contribution in [-0.2, 0) is 19.5 Å². The summed E-state index contributed by atoms with van der Waals surface area (Å²) in [4.78, 5) is 0. The predicted octanol–water partition coefficient (Wildman–Crippen LogP) is 3.61. The maximum absolute atomic E-state index is 2.28. The van der Waals surface area contributed by atoms with E-state index in [2.05, 4.69) is 273 Å². The van der Waals surface area contributed by atoms with Gasteiger partial charge >= 0.3 is 385 Å². The van der Waals surface area contributed by atoms with E-state index in [4.69, 9.17) is 0 Å². The van der Waals surface area contributed by atoms with Crippen molar-refractivity contribution in [3.63, 3.8) is 0 Å². The zero-order valence-corrected chi connectivity index (χ0v) is 42.6. The van der Waals surface area contributed by atoms with Crippen LogP contribution in [0.4, 0.5) is 0 Å². The van der Waals surface area contributed by atoms with Gasteiger partial charge < -0.3 is 12.4 Å². The van der Waals surface area contributed by atoms with E-state index >= 15 is 0 Å². The first-order chi connectivity index (χ1) is 28.3. The Bertz CT molecular complexity index is 1870. The number of rotatable bonds is 9. The first kappa shape index (κ1) is 46.4. The fourth-order valence-corrected chi connectivity index (χ4v) is 26.3. The number of benzene rings is 9. The number of hydrogen-bond donors (Lipinski definition) is 0. The van der Waals surface area contributed by atoms with Crippen LogP contribution in [0.5, 0.6) is 0 Å². The Hall–Kier alpha value is -3.65. The van der Waals surface area contributed by atoms with Gasteiger partial charge in [-0.05, 0) is 0 Å². The molecule has 9 rings (SSSR count). The molecule has 0 spiro atoms. The van der Waals surface area contributed by atoms with Gasteiger partial charge in [0, 0.05) is 0 Å². The van der Waals surface area contributed by atoms with Crippen LogP contribution in [0, 0.1) is 0 Å². The predicted molar refractivity (Wildman–Crippen MR) is 252 cm³/mol. The summed E-state index contributed by atoms with van der Waals surface area (Å²) in [5.41, 5.74) is 0. The second-order valence-corrected chi connectivity index (χ2v) is 32.0. The molecule has 0 amide bonds.